The molecule has 1 heterocycles. The van der Waals surface area contributed by atoms with Gasteiger partial charge in [-0.05, 0) is 44.8 Å². The summed E-state index contributed by atoms with van der Waals surface area (Å²) in [5, 5.41) is 14.3. The third kappa shape index (κ3) is 3.67. The Morgan fingerprint density at radius 3 is 1.55 bits per heavy atom. The summed E-state index contributed by atoms with van der Waals surface area (Å²) in [6.07, 6.45) is 2.04. The van der Waals surface area contributed by atoms with Crippen molar-refractivity contribution >= 4 is 15.9 Å². The molecule has 0 aliphatic heterocycles. The quantitative estimate of drug-likeness (QED) is 0.248. The number of aromatic nitrogens is 2. The predicted octanol–water partition coefficient (Wildman–Crippen LogP) is 7.02. The van der Waals surface area contributed by atoms with Gasteiger partial charge < -0.3 is 0 Å². The first kappa shape index (κ1) is 20.9. The number of halogens is 1. The van der Waals surface area contributed by atoms with Gasteiger partial charge in [-0.2, -0.15) is 10.4 Å². The van der Waals surface area contributed by atoms with Crippen molar-refractivity contribution in [3.05, 3.63) is 148 Å². The van der Waals surface area contributed by atoms with Crippen molar-refractivity contribution in [3.8, 4) is 17.3 Å². The lowest BCUT2D eigenvalue weighted by atomic mass is 9.77. The zero-order chi connectivity index (χ0) is 22.7. The first-order valence-electron chi connectivity index (χ1n) is 10.7. The maximum absolute atomic E-state index is 9.16. The first-order valence-corrected chi connectivity index (χ1v) is 11.5. The van der Waals surface area contributed by atoms with Crippen LogP contribution in [0.25, 0.3) is 11.3 Å². The monoisotopic (exact) mass is 489 g/mol. The van der Waals surface area contributed by atoms with Crippen molar-refractivity contribution in [2.24, 2.45) is 0 Å². The maximum Gasteiger partial charge on any atom is 0.138 e. The van der Waals surface area contributed by atoms with Gasteiger partial charge in [-0.15, -0.1) is 0 Å². The second kappa shape index (κ2) is 8.90. The van der Waals surface area contributed by atoms with Gasteiger partial charge in [0.1, 0.15) is 11.2 Å². The van der Waals surface area contributed by atoms with E-state index in [4.69, 9.17) is 10.4 Å². The van der Waals surface area contributed by atoms with Crippen molar-refractivity contribution in [3.63, 3.8) is 0 Å². The van der Waals surface area contributed by atoms with Crippen LogP contribution in [0.2, 0.25) is 0 Å². The van der Waals surface area contributed by atoms with Crippen LogP contribution in [0.3, 0.4) is 0 Å². The van der Waals surface area contributed by atoms with Crippen LogP contribution in [0.5, 0.6) is 0 Å². The maximum atomic E-state index is 9.16. The third-order valence-electron chi connectivity index (χ3n) is 5.88. The molecule has 4 heteroatoms. The fourth-order valence-corrected chi connectivity index (χ4v) is 4.86. The summed E-state index contributed by atoms with van der Waals surface area (Å²) in [7, 11) is 0. The highest BCUT2D eigenvalue weighted by Crippen LogP contribution is 2.42. The molecule has 158 valence electrons. The number of nitriles is 1. The highest BCUT2D eigenvalue weighted by molar-refractivity contribution is 9.10. The highest BCUT2D eigenvalue weighted by Gasteiger charge is 2.39. The second-order valence-electron chi connectivity index (χ2n) is 7.77. The van der Waals surface area contributed by atoms with E-state index in [9.17, 15) is 0 Å². The fourth-order valence-electron chi connectivity index (χ4n) is 4.36. The van der Waals surface area contributed by atoms with Crippen LogP contribution in [0, 0.1) is 11.3 Å². The Morgan fingerprint density at radius 2 is 1.12 bits per heavy atom. The topological polar surface area (TPSA) is 41.6 Å². The molecular formula is C29H20BrN3. The van der Waals surface area contributed by atoms with E-state index in [1.807, 2.05) is 53.3 Å². The molecule has 5 rings (SSSR count). The molecule has 0 N–H and O–H groups in total. The van der Waals surface area contributed by atoms with Crippen LogP contribution in [0.1, 0.15) is 22.3 Å². The molecule has 33 heavy (non-hydrogen) atoms. The molecule has 0 spiro atoms. The summed E-state index contributed by atoms with van der Waals surface area (Å²) in [6.45, 7) is 0. The number of benzene rings is 4. The highest BCUT2D eigenvalue weighted by atomic mass is 79.9. The van der Waals surface area contributed by atoms with Crippen molar-refractivity contribution in [1.82, 2.24) is 9.78 Å². The van der Waals surface area contributed by atoms with Crippen LogP contribution in [0.4, 0.5) is 0 Å². The molecule has 3 nitrogen and oxygen atoms in total. The summed E-state index contributed by atoms with van der Waals surface area (Å²) >= 11 is 3.75. The molecule has 5 aromatic rings. The number of rotatable bonds is 5. The Bertz CT molecular complexity index is 1300. The Balaban J connectivity index is 1.81. The Hall–Kier alpha value is -3.94. The molecule has 0 bridgehead atoms. The van der Waals surface area contributed by atoms with E-state index in [1.165, 1.54) is 0 Å². The largest absolute Gasteiger partial charge is 0.251 e. The van der Waals surface area contributed by atoms with Crippen molar-refractivity contribution in [2.75, 3.05) is 0 Å². The third-order valence-corrected chi connectivity index (χ3v) is 6.46. The molecule has 0 amide bonds. The molecule has 0 aliphatic rings. The normalized spacial score (nSPS) is 11.2. The Labute approximate surface area is 201 Å². The summed E-state index contributed by atoms with van der Waals surface area (Å²) in [4.78, 5) is 0. The zero-order valence-electron chi connectivity index (χ0n) is 17.8. The van der Waals surface area contributed by atoms with E-state index in [-0.39, 0.29) is 0 Å². The van der Waals surface area contributed by atoms with Crippen LogP contribution in [-0.2, 0) is 5.54 Å². The Kier molecular flexibility index (Phi) is 5.64. The van der Waals surface area contributed by atoms with E-state index < -0.39 is 5.54 Å². The summed E-state index contributed by atoms with van der Waals surface area (Å²) in [5.41, 5.74) is 5.07. The van der Waals surface area contributed by atoms with E-state index in [0.717, 1.165) is 32.4 Å². The standard InChI is InChI=1S/C29H20BrN3/c30-27-21-33(32-28(27)23-18-16-22(20-31)17-19-23)29(24-10-4-1-5-11-24,25-12-6-2-7-13-25)26-14-8-3-9-15-26/h1-19,21H. The SMILES string of the molecule is N#Cc1ccc(-c2nn(C(c3ccccc3)(c3ccccc3)c3ccccc3)cc2Br)cc1. The average Bonchev–Trinajstić information content (AvgIpc) is 3.28. The minimum Gasteiger partial charge on any atom is -0.251 e. The minimum atomic E-state index is -0.669. The molecule has 0 saturated heterocycles. The molecule has 4 aromatic carbocycles. The van der Waals surface area contributed by atoms with Gasteiger partial charge in [0, 0.05) is 11.8 Å². The fraction of sp³-hybridized carbons (Fsp3) is 0.0345. The minimum absolute atomic E-state index is 0.626. The predicted molar refractivity (Wildman–Crippen MR) is 135 cm³/mol. The van der Waals surface area contributed by atoms with Gasteiger partial charge in [0.15, 0.2) is 0 Å². The van der Waals surface area contributed by atoms with E-state index >= 15 is 0 Å². The van der Waals surface area contributed by atoms with Crippen molar-refractivity contribution in [2.45, 2.75) is 5.54 Å². The van der Waals surface area contributed by atoms with Crippen LogP contribution in [0.15, 0.2) is 126 Å². The summed E-state index contributed by atoms with van der Waals surface area (Å²) < 4.78 is 2.93. The lowest BCUT2D eigenvalue weighted by Crippen LogP contribution is -2.38. The number of hydrogen-bond acceptors (Lipinski definition) is 2. The molecule has 0 unspecified atom stereocenters. The van der Waals surface area contributed by atoms with Gasteiger partial charge in [0.25, 0.3) is 0 Å². The second-order valence-corrected chi connectivity index (χ2v) is 8.62. The lowest BCUT2D eigenvalue weighted by molar-refractivity contribution is 0.461. The van der Waals surface area contributed by atoms with Gasteiger partial charge in [0.05, 0.1) is 16.1 Å². The summed E-state index contributed by atoms with van der Waals surface area (Å²) in [6, 6.07) is 41.1. The van der Waals surface area contributed by atoms with Crippen LogP contribution >= 0.6 is 15.9 Å². The van der Waals surface area contributed by atoms with Crippen LogP contribution in [-0.4, -0.2) is 9.78 Å². The summed E-state index contributed by atoms with van der Waals surface area (Å²) in [5.74, 6) is 0. The van der Waals surface area contributed by atoms with Gasteiger partial charge in [-0.3, -0.25) is 4.68 Å². The van der Waals surface area contributed by atoms with Crippen LogP contribution < -0.4 is 0 Å². The van der Waals surface area contributed by atoms with Gasteiger partial charge in [0.2, 0.25) is 0 Å². The Morgan fingerprint density at radius 1 is 0.667 bits per heavy atom. The van der Waals surface area contributed by atoms with Gasteiger partial charge in [-0.25, -0.2) is 0 Å². The first-order chi connectivity index (χ1) is 16.2. The van der Waals surface area contributed by atoms with Crippen molar-refractivity contribution in [1.29, 1.82) is 5.26 Å². The lowest BCUT2D eigenvalue weighted by Gasteiger charge is -2.36. The molecule has 0 aliphatic carbocycles. The number of nitrogens with zero attached hydrogens (tertiary/aromatic N) is 3. The average molecular weight is 490 g/mol. The van der Waals surface area contributed by atoms with E-state index in [1.54, 1.807) is 0 Å². The van der Waals surface area contributed by atoms with Gasteiger partial charge >= 0.3 is 0 Å². The molecule has 0 radical (unpaired) electrons. The molecule has 1 aromatic heterocycles. The molecule has 0 fully saturated rings. The molecular weight excluding hydrogens is 470 g/mol. The van der Waals surface area contributed by atoms with Crippen molar-refractivity contribution < 1.29 is 0 Å². The number of hydrogen-bond donors (Lipinski definition) is 0. The van der Waals surface area contributed by atoms with E-state index in [0.29, 0.717) is 5.56 Å². The smallest absolute Gasteiger partial charge is 0.138 e. The molecule has 0 atom stereocenters. The zero-order valence-corrected chi connectivity index (χ0v) is 19.4. The molecule has 0 saturated carbocycles. The van der Waals surface area contributed by atoms with E-state index in [2.05, 4.69) is 94.8 Å². The van der Waals surface area contributed by atoms with Gasteiger partial charge in [-0.1, -0.05) is 103 Å².